The molecular weight excluding hydrogens is 224 g/mol. The molecule has 0 radical (unpaired) electrons. The summed E-state index contributed by atoms with van der Waals surface area (Å²) in [6.07, 6.45) is 0. The van der Waals surface area contributed by atoms with Gasteiger partial charge < -0.3 is 5.11 Å². The molecule has 0 aromatic carbocycles. The zero-order chi connectivity index (χ0) is 9.84. The number of halogens is 1. The number of aliphatic hydroxyl groups is 1. The Bertz CT molecular complexity index is 260. The maximum atomic E-state index is 9.12. The summed E-state index contributed by atoms with van der Waals surface area (Å²) >= 11 is 9.08. The van der Waals surface area contributed by atoms with E-state index in [9.17, 15) is 0 Å². The van der Waals surface area contributed by atoms with Crippen LogP contribution in [0.15, 0.2) is 16.3 Å². The molecule has 0 fully saturated rings. The SMILES string of the molecule is CC(C)C(CO)Sc1ccc(Cl)s1. The van der Waals surface area contributed by atoms with Crippen molar-refractivity contribution in [2.24, 2.45) is 5.92 Å². The van der Waals surface area contributed by atoms with E-state index in [1.165, 1.54) is 4.21 Å². The van der Waals surface area contributed by atoms with Crippen LogP contribution < -0.4 is 0 Å². The third kappa shape index (κ3) is 3.50. The molecule has 1 nitrogen and oxygen atoms in total. The second kappa shape index (κ2) is 5.25. The summed E-state index contributed by atoms with van der Waals surface area (Å²) in [7, 11) is 0. The Morgan fingerprint density at radius 1 is 1.54 bits per heavy atom. The summed E-state index contributed by atoms with van der Waals surface area (Å²) in [6.45, 7) is 4.45. The van der Waals surface area contributed by atoms with Crippen LogP contribution in [0.2, 0.25) is 4.34 Å². The maximum Gasteiger partial charge on any atom is 0.0940 e. The summed E-state index contributed by atoms with van der Waals surface area (Å²) in [5.74, 6) is 0.482. The zero-order valence-corrected chi connectivity index (χ0v) is 10.0. The molecule has 1 aromatic rings. The van der Waals surface area contributed by atoms with Gasteiger partial charge in [-0.2, -0.15) is 0 Å². The van der Waals surface area contributed by atoms with Gasteiger partial charge in [0, 0.05) is 5.25 Å². The highest BCUT2D eigenvalue weighted by molar-refractivity contribution is 8.01. The Balaban J connectivity index is 2.56. The Hall–Kier alpha value is 0.300. The van der Waals surface area contributed by atoms with Crippen molar-refractivity contribution in [3.05, 3.63) is 16.5 Å². The molecule has 0 saturated carbocycles. The van der Waals surface area contributed by atoms with Crippen LogP contribution in [0.25, 0.3) is 0 Å². The number of hydrogen-bond donors (Lipinski definition) is 1. The van der Waals surface area contributed by atoms with Crippen LogP contribution in [0.1, 0.15) is 13.8 Å². The molecule has 0 spiro atoms. The van der Waals surface area contributed by atoms with Crippen molar-refractivity contribution < 1.29 is 5.11 Å². The van der Waals surface area contributed by atoms with E-state index in [1.807, 2.05) is 12.1 Å². The minimum atomic E-state index is 0.220. The topological polar surface area (TPSA) is 20.2 Å². The molecule has 1 atom stereocenters. The predicted molar refractivity (Wildman–Crippen MR) is 60.9 cm³/mol. The lowest BCUT2D eigenvalue weighted by atomic mass is 10.1. The minimum absolute atomic E-state index is 0.220. The van der Waals surface area contributed by atoms with Gasteiger partial charge in [-0.1, -0.05) is 25.4 Å². The number of aliphatic hydroxyl groups excluding tert-OH is 1. The fraction of sp³-hybridized carbons (Fsp3) is 0.556. The normalized spacial score (nSPS) is 13.6. The van der Waals surface area contributed by atoms with Gasteiger partial charge in [0.2, 0.25) is 0 Å². The number of thioether (sulfide) groups is 1. The van der Waals surface area contributed by atoms with Crippen LogP contribution in [0.3, 0.4) is 0 Å². The zero-order valence-electron chi connectivity index (χ0n) is 7.66. The van der Waals surface area contributed by atoms with Gasteiger partial charge in [0.05, 0.1) is 15.2 Å². The molecule has 1 unspecified atom stereocenters. The van der Waals surface area contributed by atoms with Crippen molar-refractivity contribution in [1.29, 1.82) is 0 Å². The summed E-state index contributed by atoms with van der Waals surface area (Å²) in [5.41, 5.74) is 0. The highest BCUT2D eigenvalue weighted by Gasteiger charge is 2.14. The molecule has 0 aliphatic rings. The first-order valence-electron chi connectivity index (χ1n) is 4.16. The van der Waals surface area contributed by atoms with Crippen molar-refractivity contribution in [2.45, 2.75) is 23.3 Å². The molecule has 0 amide bonds. The lowest BCUT2D eigenvalue weighted by Gasteiger charge is -2.15. The lowest BCUT2D eigenvalue weighted by Crippen LogP contribution is -2.15. The van der Waals surface area contributed by atoms with E-state index in [2.05, 4.69) is 13.8 Å². The summed E-state index contributed by atoms with van der Waals surface area (Å²) < 4.78 is 1.99. The molecule has 74 valence electrons. The van der Waals surface area contributed by atoms with Crippen LogP contribution in [0, 0.1) is 5.92 Å². The Labute approximate surface area is 92.1 Å². The molecule has 1 heterocycles. The van der Waals surface area contributed by atoms with Crippen molar-refractivity contribution in [3.63, 3.8) is 0 Å². The van der Waals surface area contributed by atoms with Crippen LogP contribution in [-0.4, -0.2) is 17.0 Å². The van der Waals surface area contributed by atoms with Crippen LogP contribution >= 0.6 is 34.7 Å². The van der Waals surface area contributed by atoms with Gasteiger partial charge in [-0.3, -0.25) is 0 Å². The van der Waals surface area contributed by atoms with E-state index >= 15 is 0 Å². The number of thiophene rings is 1. The summed E-state index contributed by atoms with van der Waals surface area (Å²) in [6, 6.07) is 3.89. The molecule has 0 aliphatic heterocycles. The fourth-order valence-corrected chi connectivity index (χ4v) is 3.43. The molecule has 0 saturated heterocycles. The summed E-state index contributed by atoms with van der Waals surface area (Å²) in [5, 5.41) is 9.39. The molecule has 1 rings (SSSR count). The molecule has 0 aliphatic carbocycles. The molecule has 4 heteroatoms. The van der Waals surface area contributed by atoms with Crippen LogP contribution in [0.4, 0.5) is 0 Å². The highest BCUT2D eigenvalue weighted by atomic mass is 35.5. The van der Waals surface area contributed by atoms with Crippen molar-refractivity contribution in [3.8, 4) is 0 Å². The van der Waals surface area contributed by atoms with Gasteiger partial charge in [0.1, 0.15) is 0 Å². The molecular formula is C9H13ClOS2. The molecule has 1 N–H and O–H groups in total. The number of rotatable bonds is 4. The third-order valence-corrected chi connectivity index (χ3v) is 4.67. The van der Waals surface area contributed by atoms with Crippen LogP contribution in [-0.2, 0) is 0 Å². The van der Waals surface area contributed by atoms with Gasteiger partial charge in [-0.05, 0) is 18.1 Å². The van der Waals surface area contributed by atoms with Gasteiger partial charge in [0.25, 0.3) is 0 Å². The average Bonchev–Trinajstić information content (AvgIpc) is 2.46. The Kier molecular flexibility index (Phi) is 4.59. The Morgan fingerprint density at radius 2 is 2.23 bits per heavy atom. The van der Waals surface area contributed by atoms with E-state index in [-0.39, 0.29) is 11.9 Å². The quantitative estimate of drug-likeness (QED) is 0.808. The minimum Gasteiger partial charge on any atom is -0.395 e. The molecule has 1 aromatic heterocycles. The average molecular weight is 237 g/mol. The summed E-state index contributed by atoms with van der Waals surface area (Å²) in [4.78, 5) is 0. The van der Waals surface area contributed by atoms with Gasteiger partial charge in [0.15, 0.2) is 0 Å². The van der Waals surface area contributed by atoms with E-state index in [0.717, 1.165) is 4.34 Å². The fourth-order valence-electron chi connectivity index (χ4n) is 0.894. The largest absolute Gasteiger partial charge is 0.395 e. The van der Waals surface area contributed by atoms with Gasteiger partial charge >= 0.3 is 0 Å². The maximum absolute atomic E-state index is 9.12. The smallest absolute Gasteiger partial charge is 0.0940 e. The standard InChI is InChI=1S/C9H13ClOS2/c1-6(2)7(5-11)12-9-4-3-8(10)13-9/h3-4,6-7,11H,5H2,1-2H3. The highest BCUT2D eigenvalue weighted by Crippen LogP contribution is 2.35. The van der Waals surface area contributed by atoms with E-state index in [1.54, 1.807) is 23.1 Å². The Morgan fingerprint density at radius 3 is 2.62 bits per heavy atom. The second-order valence-electron chi connectivity index (χ2n) is 3.14. The molecule has 13 heavy (non-hydrogen) atoms. The van der Waals surface area contributed by atoms with Crippen LogP contribution in [0.5, 0.6) is 0 Å². The monoisotopic (exact) mass is 236 g/mol. The third-order valence-electron chi connectivity index (χ3n) is 1.74. The van der Waals surface area contributed by atoms with E-state index in [4.69, 9.17) is 16.7 Å². The first-order valence-corrected chi connectivity index (χ1v) is 6.23. The molecule has 0 bridgehead atoms. The van der Waals surface area contributed by atoms with Crippen molar-refractivity contribution in [2.75, 3.05) is 6.61 Å². The number of hydrogen-bond acceptors (Lipinski definition) is 3. The van der Waals surface area contributed by atoms with E-state index < -0.39 is 0 Å². The van der Waals surface area contributed by atoms with Crippen molar-refractivity contribution in [1.82, 2.24) is 0 Å². The van der Waals surface area contributed by atoms with Gasteiger partial charge in [-0.25, -0.2) is 0 Å². The predicted octanol–water partition coefficient (Wildman–Crippen LogP) is 3.51. The second-order valence-corrected chi connectivity index (χ2v) is 6.40. The first-order chi connectivity index (χ1) is 6.13. The first kappa shape index (κ1) is 11.4. The van der Waals surface area contributed by atoms with Gasteiger partial charge in [-0.15, -0.1) is 23.1 Å². The lowest BCUT2D eigenvalue weighted by molar-refractivity contribution is 0.275. The van der Waals surface area contributed by atoms with Crippen molar-refractivity contribution >= 4 is 34.7 Å². The van der Waals surface area contributed by atoms with E-state index in [0.29, 0.717) is 5.92 Å².